The molecule has 136 valence electrons. The third-order valence-electron chi connectivity index (χ3n) is 4.88. The van der Waals surface area contributed by atoms with E-state index < -0.39 is 23.7 Å². The third kappa shape index (κ3) is 2.93. The normalized spacial score (nSPS) is 26.9. The number of hydrogen-bond donors (Lipinski definition) is 1. The van der Waals surface area contributed by atoms with E-state index in [1.54, 1.807) is 6.92 Å². The van der Waals surface area contributed by atoms with Crippen molar-refractivity contribution >= 4 is 23.2 Å². The molecule has 0 saturated heterocycles. The monoisotopic (exact) mass is 374 g/mol. The molecule has 2 atom stereocenters. The first kappa shape index (κ1) is 18.2. The fourth-order valence-electron chi connectivity index (χ4n) is 3.50. The van der Waals surface area contributed by atoms with E-state index in [4.69, 9.17) is 11.6 Å². The molecule has 1 fully saturated rings. The molecule has 1 amide bonds. The van der Waals surface area contributed by atoms with Gasteiger partial charge in [-0.05, 0) is 49.9 Å². The van der Waals surface area contributed by atoms with Crippen molar-refractivity contribution in [2.75, 3.05) is 0 Å². The Kier molecular flexibility index (Phi) is 4.58. The Morgan fingerprint density at radius 1 is 1.36 bits per heavy atom. The van der Waals surface area contributed by atoms with Crippen molar-refractivity contribution in [2.24, 2.45) is 11.0 Å². The second kappa shape index (κ2) is 6.29. The first-order valence-corrected chi connectivity index (χ1v) is 8.51. The zero-order valence-corrected chi connectivity index (χ0v) is 14.4. The van der Waals surface area contributed by atoms with Gasteiger partial charge in [-0.15, -0.1) is 0 Å². The first-order chi connectivity index (χ1) is 11.7. The molecule has 0 bridgehead atoms. The van der Waals surface area contributed by atoms with E-state index in [1.165, 1.54) is 18.2 Å². The van der Waals surface area contributed by atoms with Gasteiger partial charge in [0.05, 0.1) is 5.92 Å². The number of aliphatic hydroxyl groups is 1. The highest BCUT2D eigenvalue weighted by atomic mass is 35.5. The summed E-state index contributed by atoms with van der Waals surface area (Å²) in [6.45, 7) is 1.65. The molecule has 3 rings (SSSR count). The van der Waals surface area contributed by atoms with Crippen molar-refractivity contribution in [3.05, 3.63) is 34.3 Å². The minimum absolute atomic E-state index is 0.00499. The van der Waals surface area contributed by atoms with Gasteiger partial charge in [0.2, 0.25) is 0 Å². The van der Waals surface area contributed by atoms with Crippen LogP contribution in [0.4, 0.5) is 13.2 Å². The molecule has 0 unspecified atom stereocenters. The molecule has 1 saturated carbocycles. The van der Waals surface area contributed by atoms with Gasteiger partial charge in [-0.1, -0.05) is 24.4 Å². The topological polar surface area (TPSA) is 52.9 Å². The van der Waals surface area contributed by atoms with E-state index in [1.807, 2.05) is 0 Å². The Labute approximate surface area is 148 Å². The van der Waals surface area contributed by atoms with Crippen molar-refractivity contribution in [3.8, 4) is 0 Å². The number of carbonyl (C=O) groups is 1. The molecule has 1 aliphatic heterocycles. The average molecular weight is 375 g/mol. The molecule has 0 aromatic heterocycles. The molecule has 1 aromatic carbocycles. The van der Waals surface area contributed by atoms with Crippen molar-refractivity contribution in [1.29, 1.82) is 0 Å². The summed E-state index contributed by atoms with van der Waals surface area (Å²) in [5, 5.41) is 15.1. The molecule has 1 N–H and O–H groups in total. The van der Waals surface area contributed by atoms with Crippen LogP contribution in [0.5, 0.6) is 0 Å². The molecule has 8 heteroatoms. The fourth-order valence-corrected chi connectivity index (χ4v) is 3.61. The van der Waals surface area contributed by atoms with Crippen LogP contribution in [0.15, 0.2) is 23.3 Å². The maximum Gasteiger partial charge on any atom is 0.439 e. The molecule has 1 aromatic rings. The Morgan fingerprint density at radius 2 is 2.08 bits per heavy atom. The number of fused-ring (bicyclic) bond motifs is 1. The average Bonchev–Trinajstić information content (AvgIpc) is 2.70. The highest BCUT2D eigenvalue weighted by molar-refractivity contribution is 6.31. The van der Waals surface area contributed by atoms with E-state index in [0.717, 1.165) is 6.42 Å². The predicted octanol–water partition coefficient (Wildman–Crippen LogP) is 4.29. The molecule has 25 heavy (non-hydrogen) atoms. The lowest BCUT2D eigenvalue weighted by atomic mass is 9.87. The Hall–Kier alpha value is -1.60. The summed E-state index contributed by atoms with van der Waals surface area (Å²) < 4.78 is 41.3. The van der Waals surface area contributed by atoms with Gasteiger partial charge >= 0.3 is 6.18 Å². The van der Waals surface area contributed by atoms with Crippen LogP contribution in [0.3, 0.4) is 0 Å². The van der Waals surface area contributed by atoms with E-state index >= 15 is 0 Å². The lowest BCUT2D eigenvalue weighted by Gasteiger charge is -2.37. The van der Waals surface area contributed by atoms with Gasteiger partial charge in [0.1, 0.15) is 0 Å². The SMILES string of the molecule is Cc1cc(C(=O)N2N=C3CCCCC[C@@H]3[C@]2(O)C(F)(F)F)ccc1Cl. The summed E-state index contributed by atoms with van der Waals surface area (Å²) in [5.74, 6) is -2.20. The van der Waals surface area contributed by atoms with Crippen LogP contribution in [0.1, 0.15) is 48.0 Å². The number of hydrogen-bond acceptors (Lipinski definition) is 3. The maximum atomic E-state index is 13.8. The summed E-state index contributed by atoms with van der Waals surface area (Å²) in [7, 11) is 0. The number of hydrazone groups is 1. The van der Waals surface area contributed by atoms with E-state index in [2.05, 4.69) is 5.10 Å². The van der Waals surface area contributed by atoms with E-state index in [9.17, 15) is 23.1 Å². The van der Waals surface area contributed by atoms with Crippen LogP contribution < -0.4 is 0 Å². The second-order valence-corrected chi connectivity index (χ2v) is 6.96. The van der Waals surface area contributed by atoms with Crippen LogP contribution in [-0.4, -0.2) is 33.6 Å². The molecular weight excluding hydrogens is 357 g/mol. The lowest BCUT2D eigenvalue weighted by molar-refractivity contribution is -0.312. The van der Waals surface area contributed by atoms with Gasteiger partial charge in [0.15, 0.2) is 0 Å². The Morgan fingerprint density at radius 3 is 2.72 bits per heavy atom. The van der Waals surface area contributed by atoms with E-state index in [0.29, 0.717) is 29.8 Å². The number of alkyl halides is 3. The lowest BCUT2D eigenvalue weighted by Crippen LogP contribution is -2.61. The number of benzene rings is 1. The molecule has 1 aliphatic carbocycles. The quantitative estimate of drug-likeness (QED) is 0.797. The molecule has 0 spiro atoms. The summed E-state index contributed by atoms with van der Waals surface area (Å²) in [5.41, 5.74) is -2.50. The molecule has 2 aliphatic rings. The van der Waals surface area contributed by atoms with Gasteiger partial charge in [-0.25, -0.2) is 0 Å². The third-order valence-corrected chi connectivity index (χ3v) is 5.30. The summed E-state index contributed by atoms with van der Waals surface area (Å²) in [4.78, 5) is 12.7. The zero-order chi connectivity index (χ0) is 18.4. The highest BCUT2D eigenvalue weighted by Crippen LogP contribution is 2.48. The minimum atomic E-state index is -5.01. The number of amides is 1. The van der Waals surface area contributed by atoms with E-state index in [-0.39, 0.29) is 22.7 Å². The van der Waals surface area contributed by atoms with Crippen molar-refractivity contribution in [3.63, 3.8) is 0 Å². The summed E-state index contributed by atoms with van der Waals surface area (Å²) in [6.07, 6.45) is -2.46. The zero-order valence-electron chi connectivity index (χ0n) is 13.6. The number of aryl methyl sites for hydroxylation is 1. The molecular formula is C17H18ClF3N2O2. The number of nitrogens with zero attached hydrogens (tertiary/aromatic N) is 2. The largest absolute Gasteiger partial charge is 0.439 e. The van der Waals surface area contributed by atoms with Crippen LogP contribution in [0.2, 0.25) is 5.02 Å². The summed E-state index contributed by atoms with van der Waals surface area (Å²) in [6, 6.07) is 4.18. The number of rotatable bonds is 1. The minimum Gasteiger partial charge on any atom is -0.362 e. The number of carbonyl (C=O) groups excluding carboxylic acids is 1. The van der Waals surface area contributed by atoms with Crippen LogP contribution in [0.25, 0.3) is 0 Å². The smallest absolute Gasteiger partial charge is 0.362 e. The van der Waals surface area contributed by atoms with Gasteiger partial charge in [-0.2, -0.15) is 23.3 Å². The second-order valence-electron chi connectivity index (χ2n) is 6.55. The Balaban J connectivity index is 2.05. The Bertz CT molecular complexity index is 735. The molecule has 4 nitrogen and oxygen atoms in total. The van der Waals surface area contributed by atoms with Gasteiger partial charge in [0, 0.05) is 16.3 Å². The summed E-state index contributed by atoms with van der Waals surface area (Å²) >= 11 is 5.91. The van der Waals surface area contributed by atoms with Crippen molar-refractivity contribution in [1.82, 2.24) is 5.01 Å². The van der Waals surface area contributed by atoms with Crippen LogP contribution >= 0.6 is 11.6 Å². The number of halogens is 4. The first-order valence-electron chi connectivity index (χ1n) is 8.13. The highest BCUT2D eigenvalue weighted by Gasteiger charge is 2.68. The van der Waals surface area contributed by atoms with Gasteiger partial charge < -0.3 is 5.11 Å². The fraction of sp³-hybridized carbons (Fsp3) is 0.529. The molecule has 1 heterocycles. The van der Waals surface area contributed by atoms with Gasteiger partial charge in [-0.3, -0.25) is 4.79 Å². The van der Waals surface area contributed by atoms with Crippen LogP contribution in [-0.2, 0) is 0 Å². The maximum absolute atomic E-state index is 13.8. The van der Waals surface area contributed by atoms with Crippen LogP contribution in [0, 0.1) is 12.8 Å². The standard InChI is InChI=1S/C17H18ClF3N2O2/c1-10-9-11(7-8-13(10)18)15(24)23-16(25,17(19,20)21)12-5-3-2-4-6-14(12)22-23/h7-9,12,25H,2-6H2,1H3/t12-,16-/m0/s1. The van der Waals surface area contributed by atoms with Crippen molar-refractivity contribution < 1.29 is 23.1 Å². The molecule has 0 radical (unpaired) electrons. The van der Waals surface area contributed by atoms with Gasteiger partial charge in [0.25, 0.3) is 11.6 Å². The van der Waals surface area contributed by atoms with Crippen molar-refractivity contribution in [2.45, 2.75) is 50.9 Å². The predicted molar refractivity (Wildman–Crippen MR) is 87.4 cm³/mol.